The van der Waals surface area contributed by atoms with E-state index in [-0.39, 0.29) is 29.0 Å². The molecule has 2 saturated heterocycles. The summed E-state index contributed by atoms with van der Waals surface area (Å²) >= 11 is 0. The molecule has 4 aliphatic carbocycles. The fourth-order valence-electron chi connectivity index (χ4n) is 10.3. The van der Waals surface area contributed by atoms with Gasteiger partial charge in [0.15, 0.2) is 0 Å². The summed E-state index contributed by atoms with van der Waals surface area (Å²) in [5, 5.41) is 33.5. The van der Waals surface area contributed by atoms with Gasteiger partial charge in [-0.25, -0.2) is 0 Å². The largest absolute Gasteiger partial charge is 0.393 e. The summed E-state index contributed by atoms with van der Waals surface area (Å²) in [7, 11) is 0. The van der Waals surface area contributed by atoms with Gasteiger partial charge in [-0.1, -0.05) is 39.3 Å². The maximum Gasteiger partial charge on any atom is 0.0757 e. The molecule has 0 spiro atoms. The van der Waals surface area contributed by atoms with E-state index in [1.165, 1.54) is 25.0 Å². The molecule has 4 heteroatoms. The number of aliphatic hydroxyl groups is 3. The van der Waals surface area contributed by atoms with Crippen LogP contribution in [0.3, 0.4) is 0 Å². The van der Waals surface area contributed by atoms with Crippen molar-refractivity contribution < 1.29 is 15.3 Å². The lowest BCUT2D eigenvalue weighted by atomic mass is 9.45. The molecule has 13 atom stereocenters. The molecule has 31 heavy (non-hydrogen) atoms. The molecule has 0 aromatic carbocycles. The number of hydrogen-bond donors (Lipinski definition) is 3. The van der Waals surface area contributed by atoms with Crippen LogP contribution in [-0.4, -0.2) is 57.2 Å². The van der Waals surface area contributed by atoms with Crippen LogP contribution < -0.4 is 0 Å². The van der Waals surface area contributed by atoms with Crippen molar-refractivity contribution in [3.8, 4) is 0 Å². The molecule has 0 aromatic heterocycles. The lowest BCUT2D eigenvalue weighted by molar-refractivity contribution is -0.157. The van der Waals surface area contributed by atoms with Gasteiger partial charge in [0, 0.05) is 24.0 Å². The summed E-state index contributed by atoms with van der Waals surface area (Å²) < 4.78 is 0. The van der Waals surface area contributed by atoms with E-state index < -0.39 is 6.10 Å². The first kappa shape index (κ1) is 21.1. The number of aliphatic hydroxyl groups excluding tert-OH is 3. The van der Waals surface area contributed by atoms with E-state index in [1.54, 1.807) is 0 Å². The normalized spacial score (nSPS) is 61.0. The highest BCUT2D eigenvalue weighted by Gasteiger charge is 2.70. The van der Waals surface area contributed by atoms with E-state index in [1.807, 2.05) is 0 Å². The predicted molar refractivity (Wildman–Crippen MR) is 121 cm³/mol. The third-order valence-electron chi connectivity index (χ3n) is 11.8. The standard InChI is InChI=1S/C27H43NO3/c1-14-5-6-20-15(2)25-21(28(20)13-14)11-19-24-18(12-23(31)27(19,25)4)26(3)8-7-17(29)9-16(26)10-22(24)30/h10,14-15,17-25,29-31H,5-9,11-13H2,1-4H3/t14-,15+,17-,18-,19-,20?,21-,22+,23-,24+,25-,26-,27+/m0/s1. The van der Waals surface area contributed by atoms with Crippen molar-refractivity contribution in [2.24, 2.45) is 46.3 Å². The van der Waals surface area contributed by atoms with Crippen molar-refractivity contribution in [1.29, 1.82) is 0 Å². The molecule has 0 amide bonds. The van der Waals surface area contributed by atoms with Gasteiger partial charge in [-0.05, 0) is 85.9 Å². The zero-order valence-corrected chi connectivity index (χ0v) is 19.9. The molecule has 2 aliphatic heterocycles. The van der Waals surface area contributed by atoms with Crippen molar-refractivity contribution in [3.05, 3.63) is 11.6 Å². The van der Waals surface area contributed by atoms with Crippen LogP contribution in [0.4, 0.5) is 0 Å². The van der Waals surface area contributed by atoms with Crippen LogP contribution in [0, 0.1) is 46.3 Å². The molecule has 174 valence electrons. The number of piperidine rings is 1. The van der Waals surface area contributed by atoms with Gasteiger partial charge in [-0.2, -0.15) is 0 Å². The van der Waals surface area contributed by atoms with Crippen LogP contribution in [0.5, 0.6) is 0 Å². The summed E-state index contributed by atoms with van der Waals surface area (Å²) in [6.07, 6.45) is 8.29. The highest BCUT2D eigenvalue weighted by atomic mass is 16.3. The summed E-state index contributed by atoms with van der Waals surface area (Å²) in [4.78, 5) is 2.84. The smallest absolute Gasteiger partial charge is 0.0757 e. The topological polar surface area (TPSA) is 63.9 Å². The Hall–Kier alpha value is -0.420. The number of nitrogens with zero attached hydrogens (tertiary/aromatic N) is 1. The molecule has 4 nitrogen and oxygen atoms in total. The maximum absolute atomic E-state index is 11.8. The van der Waals surface area contributed by atoms with Crippen LogP contribution in [0.2, 0.25) is 0 Å². The molecule has 1 unspecified atom stereocenters. The second-order valence-corrected chi connectivity index (χ2v) is 13.0. The Balaban J connectivity index is 1.39. The molecule has 3 saturated carbocycles. The van der Waals surface area contributed by atoms with E-state index in [9.17, 15) is 15.3 Å². The third kappa shape index (κ3) is 2.63. The van der Waals surface area contributed by atoms with Gasteiger partial charge in [-0.3, -0.25) is 4.90 Å². The molecule has 0 bridgehead atoms. The van der Waals surface area contributed by atoms with Gasteiger partial charge in [0.25, 0.3) is 0 Å². The molecule has 0 radical (unpaired) electrons. The Morgan fingerprint density at radius 1 is 0.968 bits per heavy atom. The first-order valence-electron chi connectivity index (χ1n) is 13.2. The monoisotopic (exact) mass is 429 g/mol. The summed E-state index contributed by atoms with van der Waals surface area (Å²) in [6, 6.07) is 1.26. The molecular formula is C27H43NO3. The second kappa shape index (κ2) is 6.81. The number of fused-ring (bicyclic) bond motifs is 9. The lowest BCUT2D eigenvalue weighted by Crippen LogP contribution is -2.60. The fourth-order valence-corrected chi connectivity index (χ4v) is 10.3. The second-order valence-electron chi connectivity index (χ2n) is 13.0. The highest BCUT2D eigenvalue weighted by molar-refractivity contribution is 5.30. The van der Waals surface area contributed by atoms with Gasteiger partial charge in [0.2, 0.25) is 0 Å². The lowest BCUT2D eigenvalue weighted by Gasteiger charge is -2.60. The molecular weight excluding hydrogens is 386 g/mol. The first-order valence-corrected chi connectivity index (χ1v) is 13.2. The summed E-state index contributed by atoms with van der Waals surface area (Å²) in [6.45, 7) is 10.8. The quantitative estimate of drug-likeness (QED) is 0.515. The van der Waals surface area contributed by atoms with Crippen LogP contribution in [0.15, 0.2) is 11.6 Å². The SMILES string of the molecule is C[C@H]1CCC2[C@@H](C)[C@H]3[C@H](C[C@H]4[C@@H]5[C@H](O)C=C6C[C@@H](O)CC[C@]6(C)[C@H]5C[C@H](O)[C@]34C)N2C1. The van der Waals surface area contributed by atoms with Crippen LogP contribution >= 0.6 is 0 Å². The zero-order chi connectivity index (χ0) is 21.9. The molecule has 6 aliphatic rings. The van der Waals surface area contributed by atoms with Gasteiger partial charge < -0.3 is 15.3 Å². The average Bonchev–Trinajstić information content (AvgIpc) is 3.17. The van der Waals surface area contributed by atoms with Crippen molar-refractivity contribution in [2.45, 2.75) is 103 Å². The Morgan fingerprint density at radius 3 is 2.52 bits per heavy atom. The average molecular weight is 430 g/mol. The highest BCUT2D eigenvalue weighted by Crippen LogP contribution is 2.69. The zero-order valence-electron chi connectivity index (χ0n) is 19.9. The van der Waals surface area contributed by atoms with E-state index in [4.69, 9.17) is 0 Å². The van der Waals surface area contributed by atoms with Crippen LogP contribution in [0.1, 0.15) is 72.6 Å². The van der Waals surface area contributed by atoms with Gasteiger partial charge >= 0.3 is 0 Å². The van der Waals surface area contributed by atoms with E-state index >= 15 is 0 Å². The summed E-state index contributed by atoms with van der Waals surface area (Å²) in [5.41, 5.74) is 1.19. The van der Waals surface area contributed by atoms with Gasteiger partial charge in [-0.15, -0.1) is 0 Å². The molecule has 0 aromatic rings. The van der Waals surface area contributed by atoms with Crippen molar-refractivity contribution in [1.82, 2.24) is 4.90 Å². The number of hydrogen-bond acceptors (Lipinski definition) is 4. The molecule has 3 N–H and O–H groups in total. The Bertz CT molecular complexity index is 782. The Morgan fingerprint density at radius 2 is 1.74 bits per heavy atom. The van der Waals surface area contributed by atoms with Crippen molar-refractivity contribution in [3.63, 3.8) is 0 Å². The van der Waals surface area contributed by atoms with Crippen molar-refractivity contribution >= 4 is 0 Å². The van der Waals surface area contributed by atoms with Gasteiger partial charge in [0.1, 0.15) is 0 Å². The third-order valence-corrected chi connectivity index (χ3v) is 11.8. The van der Waals surface area contributed by atoms with E-state index in [0.29, 0.717) is 42.2 Å². The first-order chi connectivity index (χ1) is 14.7. The Labute approximate surface area is 188 Å². The Kier molecular flexibility index (Phi) is 4.64. The molecule has 6 rings (SSSR count). The summed E-state index contributed by atoms with van der Waals surface area (Å²) in [5.74, 6) is 2.90. The minimum absolute atomic E-state index is 0.0247. The maximum atomic E-state index is 11.8. The number of rotatable bonds is 0. The van der Waals surface area contributed by atoms with Gasteiger partial charge in [0.05, 0.1) is 18.3 Å². The minimum atomic E-state index is -0.430. The van der Waals surface area contributed by atoms with Crippen LogP contribution in [-0.2, 0) is 0 Å². The predicted octanol–water partition coefficient (Wildman–Crippen LogP) is 3.60. The van der Waals surface area contributed by atoms with E-state index in [2.05, 4.69) is 38.7 Å². The fraction of sp³-hybridized carbons (Fsp3) is 0.926. The molecule has 5 fully saturated rings. The van der Waals surface area contributed by atoms with Crippen LogP contribution in [0.25, 0.3) is 0 Å². The minimum Gasteiger partial charge on any atom is -0.393 e. The molecule has 2 heterocycles. The van der Waals surface area contributed by atoms with E-state index in [0.717, 1.165) is 31.6 Å². The van der Waals surface area contributed by atoms with Crippen molar-refractivity contribution in [2.75, 3.05) is 6.54 Å².